The van der Waals surface area contributed by atoms with E-state index in [1.165, 1.54) is 14.0 Å². The highest BCUT2D eigenvalue weighted by Crippen LogP contribution is 1.94. The molecule has 98 valence electrons. The van der Waals surface area contributed by atoms with Crippen LogP contribution in [0.4, 0.5) is 0 Å². The van der Waals surface area contributed by atoms with E-state index >= 15 is 0 Å². The molecular weight excluding hydrogens is 248 g/mol. The molecule has 0 fully saturated rings. The Morgan fingerprint density at radius 1 is 1.35 bits per heavy atom. The Bertz CT molecular complexity index is 331. The Morgan fingerprint density at radius 2 is 1.94 bits per heavy atom. The number of carboxylic acids is 1. The molecule has 0 aromatic heterocycles. The summed E-state index contributed by atoms with van der Waals surface area (Å²) in [6, 6.07) is -1.18. The summed E-state index contributed by atoms with van der Waals surface area (Å²) in [6.07, 6.45) is 0.0650. The summed E-state index contributed by atoms with van der Waals surface area (Å²) in [6.45, 7) is 1.18. The lowest BCUT2D eigenvalue weighted by Gasteiger charge is -2.12. The van der Waals surface area contributed by atoms with Crippen molar-refractivity contribution in [3.63, 3.8) is 0 Å². The Labute approximate surface area is 101 Å². The first-order valence-electron chi connectivity index (χ1n) is 4.92. The lowest BCUT2D eigenvalue weighted by Crippen LogP contribution is -2.43. The minimum absolute atomic E-state index is 0.0650. The van der Waals surface area contributed by atoms with Gasteiger partial charge in [-0.3, -0.25) is 13.8 Å². The number of hydrogen-bond donors (Lipinski definition) is 3. The van der Waals surface area contributed by atoms with E-state index in [0.717, 1.165) is 0 Å². The molecule has 0 aliphatic carbocycles. The zero-order valence-electron chi connectivity index (χ0n) is 9.69. The second-order valence-corrected chi connectivity index (χ2v) is 4.95. The van der Waals surface area contributed by atoms with Gasteiger partial charge in [0.25, 0.3) is 0 Å². The number of carboxylic acid groups (broad SMARTS) is 1. The average molecular weight is 264 g/mol. The third kappa shape index (κ3) is 7.45. The summed E-state index contributed by atoms with van der Waals surface area (Å²) in [5.41, 5.74) is 0. The fraction of sp³-hybridized carbons (Fsp3) is 0.667. The van der Waals surface area contributed by atoms with Crippen LogP contribution in [0.15, 0.2) is 0 Å². The van der Waals surface area contributed by atoms with Crippen molar-refractivity contribution in [2.75, 3.05) is 18.6 Å². The van der Waals surface area contributed by atoms with Crippen LogP contribution in [0.2, 0.25) is 0 Å². The Hall–Kier alpha value is -1.44. The first-order chi connectivity index (χ1) is 7.86. The summed E-state index contributed by atoms with van der Waals surface area (Å²) in [5, 5.41) is 13.3. The third-order valence-corrected chi connectivity index (χ3v) is 3.23. The number of amides is 2. The lowest BCUT2D eigenvalue weighted by molar-refractivity contribution is -0.140. The van der Waals surface area contributed by atoms with Crippen molar-refractivity contribution in [1.29, 1.82) is 0 Å². The Balaban J connectivity index is 4.17. The van der Waals surface area contributed by atoms with Crippen molar-refractivity contribution in [1.82, 2.24) is 10.6 Å². The van der Waals surface area contributed by atoms with E-state index in [-0.39, 0.29) is 23.8 Å². The van der Waals surface area contributed by atoms with Gasteiger partial charge in [0.05, 0.1) is 5.75 Å². The third-order valence-electron chi connectivity index (χ3n) is 1.86. The molecule has 1 unspecified atom stereocenters. The molecule has 3 N–H and O–H groups in total. The summed E-state index contributed by atoms with van der Waals surface area (Å²) in [5.74, 6) is -2.13. The lowest BCUT2D eigenvalue weighted by atomic mass is 10.3. The zero-order chi connectivity index (χ0) is 13.4. The fourth-order valence-electron chi connectivity index (χ4n) is 1.02. The van der Waals surface area contributed by atoms with Gasteiger partial charge in [-0.05, 0) is 0 Å². The molecule has 0 aromatic carbocycles. The minimum Gasteiger partial charge on any atom is -0.480 e. The number of rotatable bonds is 7. The predicted octanol–water partition coefficient (Wildman–Crippen LogP) is -1.54. The monoisotopic (exact) mass is 264 g/mol. The van der Waals surface area contributed by atoms with E-state index < -0.39 is 28.7 Å². The highest BCUT2D eigenvalue weighted by Gasteiger charge is 2.21. The Kier molecular flexibility index (Phi) is 7.11. The molecule has 0 heterocycles. The second kappa shape index (κ2) is 7.77. The van der Waals surface area contributed by atoms with Crippen LogP contribution >= 0.6 is 0 Å². The molecule has 2 amide bonds. The molecule has 0 bridgehead atoms. The van der Waals surface area contributed by atoms with E-state index in [9.17, 15) is 18.6 Å². The maximum Gasteiger partial charge on any atom is 0.327 e. The van der Waals surface area contributed by atoms with Gasteiger partial charge < -0.3 is 15.7 Å². The number of carbonyl (C=O) groups excluding carboxylic acids is 2. The molecule has 0 aliphatic heterocycles. The van der Waals surface area contributed by atoms with E-state index in [4.69, 9.17) is 5.11 Å². The standard InChI is InChI=1S/C9H16N2O5S/c1-6(12)11-7(9(14)15)5-17(16)4-3-8(13)10-2/h7H,3-5H2,1-2H3,(H,10,13)(H,11,12)(H,14,15)/t7-,17?/m0/s1. The normalized spacial score (nSPS) is 13.5. The molecule has 17 heavy (non-hydrogen) atoms. The summed E-state index contributed by atoms with van der Waals surface area (Å²) < 4.78 is 11.5. The smallest absolute Gasteiger partial charge is 0.327 e. The van der Waals surface area contributed by atoms with Gasteiger partial charge >= 0.3 is 5.97 Å². The van der Waals surface area contributed by atoms with Crippen LogP contribution in [0.25, 0.3) is 0 Å². The van der Waals surface area contributed by atoms with E-state index in [1.807, 2.05) is 0 Å². The van der Waals surface area contributed by atoms with Crippen molar-refractivity contribution < 1.29 is 23.7 Å². The van der Waals surface area contributed by atoms with Crippen molar-refractivity contribution in [3.8, 4) is 0 Å². The summed E-state index contributed by atoms with van der Waals surface area (Å²) >= 11 is 0. The topological polar surface area (TPSA) is 113 Å². The van der Waals surface area contributed by atoms with E-state index in [0.29, 0.717) is 0 Å². The number of carbonyl (C=O) groups is 3. The van der Waals surface area contributed by atoms with E-state index in [1.54, 1.807) is 0 Å². The second-order valence-electron chi connectivity index (χ2n) is 3.33. The van der Waals surface area contributed by atoms with Crippen molar-refractivity contribution >= 4 is 28.6 Å². The quantitative estimate of drug-likeness (QED) is 0.516. The molecule has 0 saturated carbocycles. The largest absolute Gasteiger partial charge is 0.480 e. The first kappa shape index (κ1) is 15.6. The van der Waals surface area contributed by atoms with Gasteiger partial charge in [-0.15, -0.1) is 0 Å². The number of aliphatic carboxylic acids is 1. The molecule has 2 atom stereocenters. The maximum absolute atomic E-state index is 11.5. The van der Waals surface area contributed by atoms with Crippen LogP contribution < -0.4 is 10.6 Å². The SMILES string of the molecule is CNC(=O)CCS(=O)C[C@H](NC(C)=O)C(=O)O. The molecule has 7 nitrogen and oxygen atoms in total. The maximum atomic E-state index is 11.5. The zero-order valence-corrected chi connectivity index (χ0v) is 10.5. The van der Waals surface area contributed by atoms with Gasteiger partial charge in [-0.25, -0.2) is 4.79 Å². The molecule has 0 rings (SSSR count). The minimum atomic E-state index is -1.47. The summed E-state index contributed by atoms with van der Waals surface area (Å²) in [4.78, 5) is 32.3. The van der Waals surface area contributed by atoms with Gasteiger partial charge in [-0.1, -0.05) is 0 Å². The van der Waals surface area contributed by atoms with Crippen LogP contribution in [-0.4, -0.2) is 51.7 Å². The number of nitrogens with one attached hydrogen (secondary N) is 2. The first-order valence-corrected chi connectivity index (χ1v) is 6.41. The van der Waals surface area contributed by atoms with E-state index in [2.05, 4.69) is 10.6 Å². The van der Waals surface area contributed by atoms with Crippen LogP contribution in [0, 0.1) is 0 Å². The van der Waals surface area contributed by atoms with Gasteiger partial charge in [-0.2, -0.15) is 0 Å². The van der Waals surface area contributed by atoms with Crippen LogP contribution in [0.1, 0.15) is 13.3 Å². The van der Waals surface area contributed by atoms with Crippen LogP contribution in [-0.2, 0) is 25.2 Å². The molecule has 0 radical (unpaired) electrons. The average Bonchev–Trinajstić information content (AvgIpc) is 2.24. The molecule has 0 aliphatic rings. The highest BCUT2D eigenvalue weighted by atomic mass is 32.2. The fourth-order valence-corrected chi connectivity index (χ4v) is 2.20. The van der Waals surface area contributed by atoms with Crippen LogP contribution in [0.3, 0.4) is 0 Å². The van der Waals surface area contributed by atoms with Crippen molar-refractivity contribution in [3.05, 3.63) is 0 Å². The van der Waals surface area contributed by atoms with Crippen molar-refractivity contribution in [2.24, 2.45) is 0 Å². The van der Waals surface area contributed by atoms with Gasteiger partial charge in [0.2, 0.25) is 11.8 Å². The van der Waals surface area contributed by atoms with Crippen LogP contribution in [0.5, 0.6) is 0 Å². The van der Waals surface area contributed by atoms with Gasteiger partial charge in [0, 0.05) is 36.9 Å². The molecule has 0 aromatic rings. The molecule has 0 spiro atoms. The highest BCUT2D eigenvalue weighted by molar-refractivity contribution is 7.85. The Morgan fingerprint density at radius 3 is 2.35 bits per heavy atom. The molecule has 8 heteroatoms. The van der Waals surface area contributed by atoms with Crippen molar-refractivity contribution in [2.45, 2.75) is 19.4 Å². The predicted molar refractivity (Wildman–Crippen MR) is 61.8 cm³/mol. The van der Waals surface area contributed by atoms with Gasteiger partial charge in [0.1, 0.15) is 6.04 Å². The van der Waals surface area contributed by atoms with Gasteiger partial charge in [0.15, 0.2) is 0 Å². The number of hydrogen-bond acceptors (Lipinski definition) is 4. The molecule has 0 saturated heterocycles. The summed E-state index contributed by atoms with van der Waals surface area (Å²) in [7, 11) is -0.00474. The molecular formula is C9H16N2O5S.